The summed E-state index contributed by atoms with van der Waals surface area (Å²) in [4.78, 5) is 11.9. The van der Waals surface area contributed by atoms with Crippen LogP contribution in [-0.2, 0) is 23.7 Å². The van der Waals surface area contributed by atoms with Gasteiger partial charge in [0.15, 0.2) is 5.79 Å². The Morgan fingerprint density at radius 3 is 2.60 bits per heavy atom. The lowest BCUT2D eigenvalue weighted by Gasteiger charge is -2.59. The van der Waals surface area contributed by atoms with Gasteiger partial charge >= 0.3 is 5.97 Å². The van der Waals surface area contributed by atoms with E-state index in [2.05, 4.69) is 43.6 Å². The van der Waals surface area contributed by atoms with E-state index in [9.17, 15) is 4.79 Å². The molecule has 0 radical (unpaired) electrons. The normalized spacial score (nSPS) is 62.3. The molecule has 35 heavy (non-hydrogen) atoms. The molecule has 3 heterocycles. The lowest BCUT2D eigenvalue weighted by Crippen LogP contribution is -2.59. The highest BCUT2D eigenvalue weighted by molar-refractivity contribution is 9.09. The Labute approximate surface area is 218 Å². The van der Waals surface area contributed by atoms with Gasteiger partial charge in [-0.15, -0.1) is 0 Å². The molecular formula is C29H43BrO5. The second-order valence-corrected chi connectivity index (χ2v) is 15.1. The Hall–Kier alpha value is -0.170. The van der Waals surface area contributed by atoms with Crippen molar-refractivity contribution in [3.63, 3.8) is 0 Å². The molecule has 5 nitrogen and oxygen atoms in total. The van der Waals surface area contributed by atoms with Crippen molar-refractivity contribution in [1.29, 1.82) is 0 Å². The second-order valence-electron chi connectivity index (χ2n) is 14.0. The third-order valence-corrected chi connectivity index (χ3v) is 13.5. The molecule has 0 aromatic rings. The first-order chi connectivity index (χ1) is 16.6. The van der Waals surface area contributed by atoms with Gasteiger partial charge in [-0.3, -0.25) is 4.79 Å². The average molecular weight is 552 g/mol. The number of fused-ring (bicyclic) bond motifs is 10. The van der Waals surface area contributed by atoms with Crippen LogP contribution in [0, 0.1) is 52.3 Å². The molecule has 15 atom stereocenters. The molecule has 4 saturated carbocycles. The Kier molecular flexibility index (Phi) is 5.26. The van der Waals surface area contributed by atoms with Gasteiger partial charge in [0, 0.05) is 24.2 Å². The predicted molar refractivity (Wildman–Crippen MR) is 135 cm³/mol. The van der Waals surface area contributed by atoms with Crippen LogP contribution in [0.25, 0.3) is 0 Å². The number of hydrogen-bond donors (Lipinski definition) is 0. The van der Waals surface area contributed by atoms with Crippen LogP contribution in [0.5, 0.6) is 0 Å². The van der Waals surface area contributed by atoms with E-state index in [1.54, 1.807) is 6.92 Å². The quantitative estimate of drug-likeness (QED) is 0.237. The van der Waals surface area contributed by atoms with E-state index in [0.29, 0.717) is 53.1 Å². The van der Waals surface area contributed by atoms with Crippen LogP contribution in [0.4, 0.5) is 0 Å². The lowest BCUT2D eigenvalue weighted by atomic mass is 9.44. The molecule has 4 aliphatic carbocycles. The van der Waals surface area contributed by atoms with Crippen molar-refractivity contribution in [2.75, 3.05) is 6.61 Å². The first kappa shape index (κ1) is 23.9. The Balaban J connectivity index is 1.16. The minimum absolute atomic E-state index is 0.110. The number of esters is 1. The molecule has 196 valence electrons. The molecule has 7 aliphatic rings. The first-order valence-electron chi connectivity index (χ1n) is 14.4. The largest absolute Gasteiger partial charge is 0.463 e. The van der Waals surface area contributed by atoms with Crippen LogP contribution < -0.4 is 0 Å². The molecule has 0 aromatic carbocycles. The number of hydrogen-bond acceptors (Lipinski definition) is 5. The van der Waals surface area contributed by atoms with E-state index in [1.807, 2.05) is 0 Å². The summed E-state index contributed by atoms with van der Waals surface area (Å²) < 4.78 is 26.0. The summed E-state index contributed by atoms with van der Waals surface area (Å²) in [6.07, 6.45) is 9.19. The molecular weight excluding hydrogens is 508 g/mol. The maximum atomic E-state index is 11.6. The molecule has 1 spiro atoms. The summed E-state index contributed by atoms with van der Waals surface area (Å²) in [7, 11) is 0. The van der Waals surface area contributed by atoms with Crippen LogP contribution in [0.15, 0.2) is 0 Å². The van der Waals surface area contributed by atoms with Crippen molar-refractivity contribution < 1.29 is 23.7 Å². The molecule has 0 amide bonds. The van der Waals surface area contributed by atoms with Crippen LogP contribution in [0.3, 0.4) is 0 Å². The van der Waals surface area contributed by atoms with Crippen molar-refractivity contribution in [1.82, 2.24) is 0 Å². The van der Waals surface area contributed by atoms with Crippen molar-refractivity contribution >= 4 is 21.9 Å². The van der Waals surface area contributed by atoms with E-state index < -0.39 is 5.79 Å². The number of carbonyl (C=O) groups is 1. The monoisotopic (exact) mass is 550 g/mol. The Bertz CT molecular complexity index is 912. The number of carbonyl (C=O) groups excluding carboxylic acids is 1. The van der Waals surface area contributed by atoms with Gasteiger partial charge < -0.3 is 18.9 Å². The summed E-state index contributed by atoms with van der Waals surface area (Å²) >= 11 is 4.00. The summed E-state index contributed by atoms with van der Waals surface area (Å²) in [6.45, 7) is 12.1. The lowest BCUT2D eigenvalue weighted by molar-refractivity contribution is -0.267. The molecule has 0 unspecified atom stereocenters. The third-order valence-electron chi connectivity index (χ3n) is 12.5. The summed E-state index contributed by atoms with van der Waals surface area (Å²) in [5.41, 5.74) is 0.478. The molecule has 0 aromatic heterocycles. The van der Waals surface area contributed by atoms with Crippen LogP contribution in [0.2, 0.25) is 0 Å². The fraction of sp³-hybridized carbons (Fsp3) is 0.966. The fourth-order valence-corrected chi connectivity index (χ4v) is 12.3. The molecule has 0 N–H and O–H groups in total. The van der Waals surface area contributed by atoms with E-state index >= 15 is 0 Å². The van der Waals surface area contributed by atoms with Gasteiger partial charge in [0.25, 0.3) is 0 Å². The molecule has 6 heteroatoms. The molecule has 7 rings (SSSR count). The zero-order chi connectivity index (χ0) is 24.5. The molecule has 0 bridgehead atoms. The van der Waals surface area contributed by atoms with E-state index in [-0.39, 0.29) is 28.4 Å². The average Bonchev–Trinajstić information content (AvgIpc) is 3.46. The van der Waals surface area contributed by atoms with Gasteiger partial charge in [-0.25, -0.2) is 0 Å². The van der Waals surface area contributed by atoms with Crippen molar-refractivity contribution in [3.8, 4) is 0 Å². The van der Waals surface area contributed by atoms with E-state index in [0.717, 1.165) is 44.6 Å². The Morgan fingerprint density at radius 2 is 1.86 bits per heavy atom. The summed E-state index contributed by atoms with van der Waals surface area (Å²) in [6, 6.07) is 0. The zero-order valence-electron chi connectivity index (χ0n) is 22.0. The highest BCUT2D eigenvalue weighted by atomic mass is 79.9. The number of alkyl halides is 1. The molecule has 3 aliphatic heterocycles. The summed E-state index contributed by atoms with van der Waals surface area (Å²) in [5, 5.41) is 0. The minimum Gasteiger partial charge on any atom is -0.463 e. The van der Waals surface area contributed by atoms with Gasteiger partial charge in [0.2, 0.25) is 0 Å². The van der Waals surface area contributed by atoms with Gasteiger partial charge in [0.1, 0.15) is 6.10 Å². The SMILES string of the molecule is CC(=O)O[C@@H]1CC[C@@]2(C)[C@@H](CC[C@H]3[C@@H]2[C@H]2O[C@H]2[C@@]2(C)[C@@H]4[C@H](C[C@@H]32)O[C@@]2(OC[C@H](C)C[C@@H]2Br)[C@H]4C)C1. The predicted octanol–water partition coefficient (Wildman–Crippen LogP) is 5.73. The van der Waals surface area contributed by atoms with E-state index in [1.165, 1.54) is 12.8 Å². The van der Waals surface area contributed by atoms with Crippen LogP contribution in [0.1, 0.15) is 79.6 Å². The maximum absolute atomic E-state index is 11.6. The van der Waals surface area contributed by atoms with Gasteiger partial charge in [-0.05, 0) is 80.0 Å². The second kappa shape index (κ2) is 7.70. The smallest absolute Gasteiger partial charge is 0.302 e. The van der Waals surface area contributed by atoms with Crippen molar-refractivity contribution in [2.45, 2.75) is 115 Å². The van der Waals surface area contributed by atoms with E-state index in [4.69, 9.17) is 18.9 Å². The van der Waals surface area contributed by atoms with Gasteiger partial charge in [-0.2, -0.15) is 0 Å². The molecule has 7 fully saturated rings. The van der Waals surface area contributed by atoms with Gasteiger partial charge in [0.05, 0.1) is 29.7 Å². The first-order valence-corrected chi connectivity index (χ1v) is 15.3. The number of halogens is 1. The highest BCUT2D eigenvalue weighted by Gasteiger charge is 2.78. The number of rotatable bonds is 1. The maximum Gasteiger partial charge on any atom is 0.302 e. The molecule has 3 saturated heterocycles. The minimum atomic E-state index is -0.476. The summed E-state index contributed by atoms with van der Waals surface area (Å²) in [5.74, 6) is 3.51. The van der Waals surface area contributed by atoms with Crippen LogP contribution in [-0.4, -0.2) is 47.6 Å². The van der Waals surface area contributed by atoms with Gasteiger partial charge in [-0.1, -0.05) is 43.6 Å². The zero-order valence-corrected chi connectivity index (χ0v) is 23.6. The topological polar surface area (TPSA) is 57.3 Å². The number of epoxide rings is 1. The highest BCUT2D eigenvalue weighted by Crippen LogP contribution is 2.75. The van der Waals surface area contributed by atoms with Crippen LogP contribution >= 0.6 is 15.9 Å². The van der Waals surface area contributed by atoms with Crippen molar-refractivity contribution in [3.05, 3.63) is 0 Å². The Morgan fingerprint density at radius 1 is 1.06 bits per heavy atom. The fourth-order valence-electron chi connectivity index (χ4n) is 11.0. The van der Waals surface area contributed by atoms with Crippen molar-refractivity contribution in [2.24, 2.45) is 52.3 Å². The third kappa shape index (κ3) is 3.06. The standard InChI is InChI=1S/C29H43BrO5/c1-14-10-22(30)29(32-13-14)15(2)23-21(35-29)12-20-19-7-6-17-11-18(33-16(3)31)8-9-27(17,4)24(19)25-26(34-25)28(20,23)5/h14-15,17-26H,6-13H2,1-5H3/t14-,15+,17+,18-,19-,20+,21+,22+,23+,24-,25-,26-,27+,28-,29+/m1/s1. The number of ether oxygens (including phenoxy) is 4.